The molecule has 0 unspecified atom stereocenters. The molecule has 0 bridgehead atoms. The van der Waals surface area contributed by atoms with Crippen LogP contribution in [0.1, 0.15) is 36.5 Å². The number of carbonyl (C=O) groups is 1. The molecule has 24 heavy (non-hydrogen) atoms. The highest BCUT2D eigenvalue weighted by molar-refractivity contribution is 7.89. The van der Waals surface area contributed by atoms with E-state index in [1.165, 1.54) is 24.3 Å². The van der Waals surface area contributed by atoms with Crippen LogP contribution in [0.25, 0.3) is 0 Å². The van der Waals surface area contributed by atoms with Gasteiger partial charge in [-0.15, -0.1) is 0 Å². The van der Waals surface area contributed by atoms with Crippen LogP contribution in [-0.2, 0) is 14.8 Å². The third kappa shape index (κ3) is 5.34. The lowest BCUT2D eigenvalue weighted by molar-refractivity contribution is 0.0505. The van der Waals surface area contributed by atoms with E-state index >= 15 is 0 Å². The van der Waals surface area contributed by atoms with Gasteiger partial charge in [0.2, 0.25) is 10.0 Å². The fourth-order valence-electron chi connectivity index (χ4n) is 1.89. The van der Waals surface area contributed by atoms with E-state index in [9.17, 15) is 13.2 Å². The van der Waals surface area contributed by atoms with Crippen LogP contribution >= 0.6 is 0 Å². The SMILES string of the molecule is CCCOC(=O)c1ccc(S(=O)(=O)N(CCC#N)CCC#N)cc1. The highest BCUT2D eigenvalue weighted by Gasteiger charge is 2.24. The summed E-state index contributed by atoms with van der Waals surface area (Å²) >= 11 is 0. The summed E-state index contributed by atoms with van der Waals surface area (Å²) in [5, 5.41) is 17.3. The maximum atomic E-state index is 12.6. The van der Waals surface area contributed by atoms with Crippen LogP contribution in [0.3, 0.4) is 0 Å². The molecule has 1 rings (SSSR count). The summed E-state index contributed by atoms with van der Waals surface area (Å²) in [5.74, 6) is -0.508. The predicted octanol–water partition coefficient (Wildman–Crippen LogP) is 2.07. The van der Waals surface area contributed by atoms with Crippen molar-refractivity contribution in [3.63, 3.8) is 0 Å². The summed E-state index contributed by atoms with van der Waals surface area (Å²) in [6.07, 6.45) is 0.767. The van der Waals surface area contributed by atoms with Crippen molar-refractivity contribution in [3.8, 4) is 12.1 Å². The molecule has 0 spiro atoms. The van der Waals surface area contributed by atoms with Gasteiger partial charge in [-0.05, 0) is 30.7 Å². The monoisotopic (exact) mass is 349 g/mol. The summed E-state index contributed by atoms with van der Waals surface area (Å²) in [6, 6.07) is 9.20. The van der Waals surface area contributed by atoms with Crippen LogP contribution < -0.4 is 0 Å². The predicted molar refractivity (Wildman–Crippen MR) is 86.2 cm³/mol. The summed E-state index contributed by atoms with van der Waals surface area (Å²) in [5.41, 5.74) is 0.267. The van der Waals surface area contributed by atoms with Crippen LogP contribution in [0.4, 0.5) is 0 Å². The van der Waals surface area contributed by atoms with E-state index in [1.54, 1.807) is 0 Å². The van der Waals surface area contributed by atoms with Gasteiger partial charge in [-0.1, -0.05) is 6.92 Å². The molecule has 0 heterocycles. The molecule has 0 aromatic heterocycles. The van der Waals surface area contributed by atoms with E-state index in [0.717, 1.165) is 4.31 Å². The van der Waals surface area contributed by atoms with Crippen LogP contribution in [-0.4, -0.2) is 38.4 Å². The van der Waals surface area contributed by atoms with Gasteiger partial charge >= 0.3 is 5.97 Å². The molecule has 0 amide bonds. The number of hydrogen-bond acceptors (Lipinski definition) is 6. The highest BCUT2D eigenvalue weighted by Crippen LogP contribution is 2.17. The lowest BCUT2D eigenvalue weighted by Gasteiger charge is -2.20. The summed E-state index contributed by atoms with van der Waals surface area (Å²) < 4.78 is 31.3. The molecule has 0 saturated heterocycles. The number of esters is 1. The second-order valence-electron chi connectivity index (χ2n) is 4.88. The Morgan fingerprint density at radius 1 is 1.12 bits per heavy atom. The van der Waals surface area contributed by atoms with Gasteiger partial charge in [0, 0.05) is 25.9 Å². The first-order valence-electron chi connectivity index (χ1n) is 7.48. The molecular weight excluding hydrogens is 330 g/mol. The number of hydrogen-bond donors (Lipinski definition) is 0. The number of ether oxygens (including phenoxy) is 1. The van der Waals surface area contributed by atoms with Crippen LogP contribution in [0.5, 0.6) is 0 Å². The zero-order chi connectivity index (χ0) is 18.0. The largest absolute Gasteiger partial charge is 0.462 e. The molecule has 0 atom stereocenters. The first-order valence-corrected chi connectivity index (χ1v) is 8.92. The molecule has 7 nitrogen and oxygen atoms in total. The molecule has 1 aromatic rings. The Morgan fingerprint density at radius 3 is 2.12 bits per heavy atom. The number of benzene rings is 1. The zero-order valence-corrected chi connectivity index (χ0v) is 14.3. The Bertz CT molecular complexity index is 712. The molecule has 0 aliphatic rings. The van der Waals surface area contributed by atoms with Crippen molar-refractivity contribution < 1.29 is 17.9 Å². The molecule has 8 heteroatoms. The minimum absolute atomic E-state index is 0.00502. The van der Waals surface area contributed by atoms with Gasteiger partial charge in [0.25, 0.3) is 0 Å². The van der Waals surface area contributed by atoms with Crippen LogP contribution in [0.2, 0.25) is 0 Å². The minimum Gasteiger partial charge on any atom is -0.462 e. The molecule has 0 fully saturated rings. The van der Waals surface area contributed by atoms with E-state index in [2.05, 4.69) is 0 Å². The normalized spacial score (nSPS) is 10.8. The van der Waals surface area contributed by atoms with Gasteiger partial charge in [0.05, 0.1) is 29.2 Å². The fraction of sp³-hybridized carbons (Fsp3) is 0.438. The maximum Gasteiger partial charge on any atom is 0.338 e. The van der Waals surface area contributed by atoms with E-state index in [4.69, 9.17) is 15.3 Å². The molecule has 0 saturated carbocycles. The lowest BCUT2D eigenvalue weighted by Crippen LogP contribution is -2.32. The molecule has 128 valence electrons. The Balaban J connectivity index is 2.97. The molecule has 0 radical (unpaired) electrons. The topological polar surface area (TPSA) is 111 Å². The molecule has 0 N–H and O–H groups in total. The van der Waals surface area contributed by atoms with E-state index in [-0.39, 0.29) is 36.4 Å². The summed E-state index contributed by atoms with van der Waals surface area (Å²) in [4.78, 5) is 11.7. The Hall–Kier alpha value is -2.42. The van der Waals surface area contributed by atoms with E-state index < -0.39 is 16.0 Å². The quantitative estimate of drug-likeness (QED) is 0.631. The van der Waals surface area contributed by atoms with Gasteiger partial charge in [0.15, 0.2) is 0 Å². The highest BCUT2D eigenvalue weighted by atomic mass is 32.2. The second-order valence-corrected chi connectivity index (χ2v) is 6.82. The summed E-state index contributed by atoms with van der Waals surface area (Å²) in [7, 11) is -3.83. The summed E-state index contributed by atoms with van der Waals surface area (Å²) in [6.45, 7) is 2.20. The first-order chi connectivity index (χ1) is 11.5. The van der Waals surface area contributed by atoms with E-state index in [1.807, 2.05) is 19.1 Å². The van der Waals surface area contributed by atoms with Crippen LogP contribution in [0.15, 0.2) is 29.2 Å². The van der Waals surface area contributed by atoms with Gasteiger partial charge in [0.1, 0.15) is 0 Å². The van der Waals surface area contributed by atoms with Crippen molar-refractivity contribution in [2.45, 2.75) is 31.1 Å². The second kappa shape index (κ2) is 9.66. The fourth-order valence-corrected chi connectivity index (χ4v) is 3.33. The Labute approximate surface area is 142 Å². The number of nitrogens with zero attached hydrogens (tertiary/aromatic N) is 3. The van der Waals surface area contributed by atoms with Crippen molar-refractivity contribution in [1.82, 2.24) is 4.31 Å². The molecular formula is C16H19N3O4S. The lowest BCUT2D eigenvalue weighted by atomic mass is 10.2. The van der Waals surface area contributed by atoms with Crippen molar-refractivity contribution >= 4 is 16.0 Å². The van der Waals surface area contributed by atoms with Crippen molar-refractivity contribution in [2.24, 2.45) is 0 Å². The first kappa shape index (κ1) is 19.6. The molecule has 0 aliphatic carbocycles. The molecule has 0 aliphatic heterocycles. The smallest absolute Gasteiger partial charge is 0.338 e. The number of nitriles is 2. The third-order valence-electron chi connectivity index (χ3n) is 3.11. The number of rotatable bonds is 9. The maximum absolute atomic E-state index is 12.6. The Morgan fingerprint density at radius 2 is 1.67 bits per heavy atom. The van der Waals surface area contributed by atoms with Gasteiger partial charge < -0.3 is 4.74 Å². The standard InChI is InChI=1S/C16H19N3O4S/c1-2-13-23-16(20)14-5-7-15(8-6-14)24(21,22)19(11-3-9-17)12-4-10-18/h5-8H,2-4,11-13H2,1H3. The third-order valence-corrected chi connectivity index (χ3v) is 5.02. The van der Waals surface area contributed by atoms with Crippen molar-refractivity contribution in [2.75, 3.05) is 19.7 Å². The van der Waals surface area contributed by atoms with Crippen molar-refractivity contribution in [3.05, 3.63) is 29.8 Å². The zero-order valence-electron chi connectivity index (χ0n) is 13.4. The molecule has 1 aromatic carbocycles. The average Bonchev–Trinajstić information content (AvgIpc) is 2.59. The average molecular weight is 349 g/mol. The minimum atomic E-state index is -3.83. The Kier molecular flexibility index (Phi) is 7.90. The van der Waals surface area contributed by atoms with Crippen molar-refractivity contribution in [1.29, 1.82) is 10.5 Å². The number of carbonyl (C=O) groups excluding carboxylic acids is 1. The van der Waals surface area contributed by atoms with Gasteiger partial charge in [-0.2, -0.15) is 14.8 Å². The number of sulfonamides is 1. The van der Waals surface area contributed by atoms with Gasteiger partial charge in [-0.3, -0.25) is 0 Å². The van der Waals surface area contributed by atoms with Crippen LogP contribution in [0, 0.1) is 22.7 Å². The van der Waals surface area contributed by atoms with E-state index in [0.29, 0.717) is 13.0 Å². The van der Waals surface area contributed by atoms with Gasteiger partial charge in [-0.25, -0.2) is 13.2 Å².